The smallest absolute Gasteiger partial charge is 0.101 e. The van der Waals surface area contributed by atoms with E-state index in [-0.39, 0.29) is 0 Å². The number of hydrogen-bond donors (Lipinski definition) is 1. The quantitative estimate of drug-likeness (QED) is 0.877. The average molecular weight is 259 g/mol. The number of nitrogens with one attached hydrogen (secondary N) is 1. The highest BCUT2D eigenvalue weighted by Crippen LogP contribution is 2.22. The van der Waals surface area contributed by atoms with E-state index in [4.69, 9.17) is 4.74 Å². The summed E-state index contributed by atoms with van der Waals surface area (Å²) in [7, 11) is 3.93. The molecule has 0 aliphatic carbocycles. The molecule has 0 amide bonds. The Hall–Kier alpha value is -1.57. The SMILES string of the molecule is CNCc1ccc(N(C)CC2CCCO2)c(C#N)c1. The summed E-state index contributed by atoms with van der Waals surface area (Å²) in [6.45, 7) is 2.50. The molecule has 19 heavy (non-hydrogen) atoms. The van der Waals surface area contributed by atoms with Crippen LogP contribution in [0.1, 0.15) is 24.0 Å². The summed E-state index contributed by atoms with van der Waals surface area (Å²) in [6, 6.07) is 8.34. The largest absolute Gasteiger partial charge is 0.376 e. The summed E-state index contributed by atoms with van der Waals surface area (Å²) in [4.78, 5) is 2.12. The number of anilines is 1. The van der Waals surface area contributed by atoms with Crippen LogP contribution in [0.15, 0.2) is 18.2 Å². The molecule has 0 saturated carbocycles. The Labute approximate surface area is 115 Å². The highest BCUT2D eigenvalue weighted by molar-refractivity contribution is 5.60. The lowest BCUT2D eigenvalue weighted by molar-refractivity contribution is 0.116. The van der Waals surface area contributed by atoms with Crippen LogP contribution >= 0.6 is 0 Å². The van der Waals surface area contributed by atoms with Gasteiger partial charge in [-0.3, -0.25) is 0 Å². The first-order valence-corrected chi connectivity index (χ1v) is 6.75. The van der Waals surface area contributed by atoms with Gasteiger partial charge in [-0.1, -0.05) is 6.07 Å². The monoisotopic (exact) mass is 259 g/mol. The van der Waals surface area contributed by atoms with E-state index in [9.17, 15) is 5.26 Å². The molecule has 4 heteroatoms. The Kier molecular flexibility index (Phi) is 4.78. The van der Waals surface area contributed by atoms with Gasteiger partial charge in [0.15, 0.2) is 0 Å². The molecule has 0 aromatic heterocycles. The molecule has 1 aromatic carbocycles. The van der Waals surface area contributed by atoms with E-state index in [1.54, 1.807) is 0 Å². The summed E-state index contributed by atoms with van der Waals surface area (Å²) in [5.41, 5.74) is 2.85. The van der Waals surface area contributed by atoms with E-state index >= 15 is 0 Å². The number of hydrogen-bond acceptors (Lipinski definition) is 4. The van der Waals surface area contributed by atoms with Crippen molar-refractivity contribution in [3.05, 3.63) is 29.3 Å². The highest BCUT2D eigenvalue weighted by Gasteiger charge is 2.18. The fourth-order valence-electron chi connectivity index (χ4n) is 2.51. The third-order valence-corrected chi connectivity index (χ3v) is 3.48. The van der Waals surface area contributed by atoms with E-state index in [1.807, 2.05) is 26.2 Å². The van der Waals surface area contributed by atoms with Crippen LogP contribution < -0.4 is 10.2 Å². The van der Waals surface area contributed by atoms with E-state index in [1.165, 1.54) is 0 Å². The van der Waals surface area contributed by atoms with Crippen LogP contribution in [0.5, 0.6) is 0 Å². The molecule has 1 aliphatic heterocycles. The third kappa shape index (κ3) is 3.46. The second kappa shape index (κ2) is 6.55. The van der Waals surface area contributed by atoms with Crippen molar-refractivity contribution < 1.29 is 4.74 Å². The lowest BCUT2D eigenvalue weighted by atomic mass is 10.1. The zero-order chi connectivity index (χ0) is 13.7. The van der Waals surface area contributed by atoms with E-state index in [0.29, 0.717) is 6.10 Å². The Morgan fingerprint density at radius 2 is 2.37 bits per heavy atom. The Morgan fingerprint density at radius 1 is 1.53 bits per heavy atom. The van der Waals surface area contributed by atoms with Crippen LogP contribution in [0.3, 0.4) is 0 Å². The molecule has 1 heterocycles. The van der Waals surface area contributed by atoms with Crippen LogP contribution in [0.25, 0.3) is 0 Å². The molecule has 4 nitrogen and oxygen atoms in total. The molecular weight excluding hydrogens is 238 g/mol. The molecule has 2 rings (SSSR count). The van der Waals surface area contributed by atoms with Crippen molar-refractivity contribution in [2.24, 2.45) is 0 Å². The minimum absolute atomic E-state index is 0.300. The molecule has 1 fully saturated rings. The van der Waals surface area contributed by atoms with Crippen molar-refractivity contribution in [2.75, 3.05) is 32.1 Å². The molecule has 1 aliphatic rings. The van der Waals surface area contributed by atoms with Crippen molar-refractivity contribution in [3.63, 3.8) is 0 Å². The van der Waals surface area contributed by atoms with Gasteiger partial charge in [-0.15, -0.1) is 0 Å². The summed E-state index contributed by atoms with van der Waals surface area (Å²) >= 11 is 0. The average Bonchev–Trinajstić information content (AvgIpc) is 2.91. The molecule has 102 valence electrons. The number of ether oxygens (including phenoxy) is 1. The van der Waals surface area contributed by atoms with Crippen LogP contribution in [-0.2, 0) is 11.3 Å². The molecule has 1 N–H and O–H groups in total. The van der Waals surface area contributed by atoms with Crippen molar-refractivity contribution in [2.45, 2.75) is 25.5 Å². The van der Waals surface area contributed by atoms with Crippen LogP contribution in [0.2, 0.25) is 0 Å². The zero-order valence-corrected chi connectivity index (χ0v) is 11.6. The minimum atomic E-state index is 0.300. The summed E-state index contributed by atoms with van der Waals surface area (Å²) in [5, 5.41) is 12.4. The number of rotatable bonds is 5. The van der Waals surface area contributed by atoms with Gasteiger partial charge in [0.05, 0.1) is 17.4 Å². The van der Waals surface area contributed by atoms with Crippen molar-refractivity contribution in [3.8, 4) is 6.07 Å². The third-order valence-electron chi connectivity index (χ3n) is 3.48. The minimum Gasteiger partial charge on any atom is -0.376 e. The van der Waals surface area contributed by atoms with E-state index < -0.39 is 0 Å². The van der Waals surface area contributed by atoms with Gasteiger partial charge in [-0.05, 0) is 37.6 Å². The lowest BCUT2D eigenvalue weighted by Gasteiger charge is -2.24. The fraction of sp³-hybridized carbons (Fsp3) is 0.533. The topological polar surface area (TPSA) is 48.3 Å². The molecule has 1 saturated heterocycles. The first-order valence-electron chi connectivity index (χ1n) is 6.75. The molecule has 0 bridgehead atoms. The highest BCUT2D eigenvalue weighted by atomic mass is 16.5. The Morgan fingerprint density at radius 3 is 3.00 bits per heavy atom. The second-order valence-electron chi connectivity index (χ2n) is 5.01. The second-order valence-corrected chi connectivity index (χ2v) is 5.01. The Bertz CT molecular complexity index is 461. The standard InChI is InChI=1S/C15H21N3O/c1-17-10-12-5-6-15(13(8-12)9-16)18(2)11-14-4-3-7-19-14/h5-6,8,14,17H,3-4,7,10-11H2,1-2H3. The summed E-state index contributed by atoms with van der Waals surface area (Å²) in [5.74, 6) is 0. The number of likely N-dealkylation sites (N-methyl/N-ethyl adjacent to an activating group) is 1. The van der Waals surface area contributed by atoms with Crippen molar-refractivity contribution >= 4 is 5.69 Å². The molecule has 0 spiro atoms. The molecular formula is C15H21N3O. The first kappa shape index (κ1) is 13.9. The first-order chi connectivity index (χ1) is 9.24. The number of nitriles is 1. The van der Waals surface area contributed by atoms with Gasteiger partial charge in [0.1, 0.15) is 6.07 Å². The molecule has 1 unspecified atom stereocenters. The van der Waals surface area contributed by atoms with Gasteiger partial charge in [0.25, 0.3) is 0 Å². The number of nitrogens with zero attached hydrogens (tertiary/aromatic N) is 2. The van der Waals surface area contributed by atoms with Crippen LogP contribution in [-0.4, -0.2) is 33.4 Å². The van der Waals surface area contributed by atoms with Crippen molar-refractivity contribution in [1.29, 1.82) is 5.26 Å². The van der Waals surface area contributed by atoms with Gasteiger partial charge in [-0.2, -0.15) is 5.26 Å². The van der Waals surface area contributed by atoms with Gasteiger partial charge in [0.2, 0.25) is 0 Å². The predicted octanol–water partition coefficient (Wildman–Crippen LogP) is 1.89. The fourth-order valence-corrected chi connectivity index (χ4v) is 2.51. The molecule has 1 atom stereocenters. The normalized spacial score (nSPS) is 18.3. The van der Waals surface area contributed by atoms with Gasteiger partial charge in [0, 0.05) is 26.7 Å². The maximum atomic E-state index is 9.29. The van der Waals surface area contributed by atoms with Crippen LogP contribution in [0.4, 0.5) is 5.69 Å². The Balaban J connectivity index is 2.11. The molecule has 1 aromatic rings. The van der Waals surface area contributed by atoms with Gasteiger partial charge in [-0.25, -0.2) is 0 Å². The van der Waals surface area contributed by atoms with Crippen molar-refractivity contribution in [1.82, 2.24) is 5.32 Å². The van der Waals surface area contributed by atoms with E-state index in [2.05, 4.69) is 22.4 Å². The number of benzene rings is 1. The van der Waals surface area contributed by atoms with Gasteiger partial charge >= 0.3 is 0 Å². The van der Waals surface area contributed by atoms with Gasteiger partial charge < -0.3 is 15.0 Å². The summed E-state index contributed by atoms with van der Waals surface area (Å²) < 4.78 is 5.65. The molecule has 0 radical (unpaired) electrons. The predicted molar refractivity (Wildman–Crippen MR) is 76.2 cm³/mol. The maximum Gasteiger partial charge on any atom is 0.101 e. The zero-order valence-electron chi connectivity index (χ0n) is 11.6. The van der Waals surface area contributed by atoms with Crippen LogP contribution in [0, 0.1) is 11.3 Å². The van der Waals surface area contributed by atoms with E-state index in [0.717, 1.165) is 49.4 Å². The maximum absolute atomic E-state index is 9.29. The summed E-state index contributed by atoms with van der Waals surface area (Å²) in [6.07, 6.45) is 2.56. The lowest BCUT2D eigenvalue weighted by Crippen LogP contribution is -2.29.